The van der Waals surface area contributed by atoms with Crippen molar-refractivity contribution in [1.29, 1.82) is 0 Å². The topological polar surface area (TPSA) is 49.3 Å². The van der Waals surface area contributed by atoms with E-state index in [4.69, 9.17) is 5.11 Å². The van der Waals surface area contributed by atoms with Gasteiger partial charge in [-0.2, -0.15) is 0 Å². The highest BCUT2D eigenvalue weighted by Crippen LogP contribution is 2.02. The molecule has 0 radical (unpaired) electrons. The number of hydrogen-bond acceptors (Lipinski definition) is 2. The summed E-state index contributed by atoms with van der Waals surface area (Å²) in [6.07, 6.45) is -0.510. The zero-order chi connectivity index (χ0) is 10.6. The number of aliphatic hydroxyl groups excluding tert-OH is 1. The number of carbonyl (C=O) groups excluding carboxylic acids is 1. The van der Waals surface area contributed by atoms with Crippen molar-refractivity contribution in [3.05, 3.63) is 35.4 Å². The molecule has 1 amide bonds. The van der Waals surface area contributed by atoms with Gasteiger partial charge in [0.15, 0.2) is 0 Å². The van der Waals surface area contributed by atoms with Gasteiger partial charge in [0.05, 0.1) is 6.10 Å². The summed E-state index contributed by atoms with van der Waals surface area (Å²) in [5, 5.41) is 11.6. The minimum atomic E-state index is -0.510. The summed E-state index contributed by atoms with van der Waals surface area (Å²) >= 11 is 0. The van der Waals surface area contributed by atoms with Gasteiger partial charge in [0, 0.05) is 12.1 Å². The van der Waals surface area contributed by atoms with E-state index in [2.05, 4.69) is 5.32 Å². The summed E-state index contributed by atoms with van der Waals surface area (Å²) in [7, 11) is 0. The van der Waals surface area contributed by atoms with E-state index >= 15 is 0 Å². The lowest BCUT2D eigenvalue weighted by Crippen LogP contribution is -2.30. The highest BCUT2D eigenvalue weighted by Gasteiger charge is 2.04. The van der Waals surface area contributed by atoms with Gasteiger partial charge in [0.2, 0.25) is 0 Å². The number of carbonyl (C=O) groups is 1. The second-order valence-corrected chi connectivity index (χ2v) is 3.43. The fourth-order valence-corrected chi connectivity index (χ4v) is 1.05. The molecule has 1 aromatic carbocycles. The fourth-order valence-electron chi connectivity index (χ4n) is 1.05. The SMILES string of the molecule is Cc1ccc(C(=O)NC[C@@H](C)O)cc1. The molecule has 0 fully saturated rings. The zero-order valence-electron chi connectivity index (χ0n) is 8.45. The Morgan fingerprint density at radius 1 is 1.43 bits per heavy atom. The van der Waals surface area contributed by atoms with E-state index in [1.165, 1.54) is 0 Å². The van der Waals surface area contributed by atoms with E-state index in [0.29, 0.717) is 5.56 Å². The molecule has 0 unspecified atom stereocenters. The molecule has 2 N–H and O–H groups in total. The predicted octanol–water partition coefficient (Wildman–Crippen LogP) is 1.11. The van der Waals surface area contributed by atoms with E-state index in [9.17, 15) is 4.79 Å². The molecule has 1 atom stereocenters. The lowest BCUT2D eigenvalue weighted by Gasteiger charge is -2.06. The molecule has 0 aliphatic heterocycles. The van der Waals surface area contributed by atoms with Crippen LogP contribution in [0.4, 0.5) is 0 Å². The molecule has 0 aliphatic rings. The predicted molar refractivity (Wildman–Crippen MR) is 55.2 cm³/mol. The van der Waals surface area contributed by atoms with Crippen LogP contribution in [0.3, 0.4) is 0 Å². The van der Waals surface area contributed by atoms with Crippen molar-refractivity contribution in [2.24, 2.45) is 0 Å². The number of amides is 1. The molecule has 0 heterocycles. The van der Waals surface area contributed by atoms with Gasteiger partial charge in [-0.3, -0.25) is 4.79 Å². The average molecular weight is 193 g/mol. The monoisotopic (exact) mass is 193 g/mol. The molecule has 3 heteroatoms. The van der Waals surface area contributed by atoms with E-state index < -0.39 is 6.10 Å². The maximum absolute atomic E-state index is 11.4. The number of benzene rings is 1. The van der Waals surface area contributed by atoms with Crippen molar-refractivity contribution in [3.8, 4) is 0 Å². The van der Waals surface area contributed by atoms with Gasteiger partial charge in [-0.25, -0.2) is 0 Å². The Bertz CT molecular complexity index is 304. The van der Waals surface area contributed by atoms with E-state index in [1.54, 1.807) is 19.1 Å². The molecule has 76 valence electrons. The van der Waals surface area contributed by atoms with Crippen LogP contribution in [0.25, 0.3) is 0 Å². The largest absolute Gasteiger partial charge is 0.392 e. The quantitative estimate of drug-likeness (QED) is 0.755. The van der Waals surface area contributed by atoms with Crippen molar-refractivity contribution in [1.82, 2.24) is 5.32 Å². The number of nitrogens with one attached hydrogen (secondary N) is 1. The van der Waals surface area contributed by atoms with Crippen LogP contribution in [0.1, 0.15) is 22.8 Å². The van der Waals surface area contributed by atoms with Crippen molar-refractivity contribution < 1.29 is 9.90 Å². The lowest BCUT2D eigenvalue weighted by molar-refractivity contribution is 0.0924. The molecule has 0 bridgehead atoms. The first-order valence-electron chi connectivity index (χ1n) is 4.62. The minimum absolute atomic E-state index is 0.147. The van der Waals surface area contributed by atoms with Crippen LogP contribution < -0.4 is 5.32 Å². The zero-order valence-corrected chi connectivity index (χ0v) is 8.45. The minimum Gasteiger partial charge on any atom is -0.392 e. The molecular formula is C11H15NO2. The number of rotatable bonds is 3. The Balaban J connectivity index is 2.57. The van der Waals surface area contributed by atoms with Crippen LogP contribution in [0.15, 0.2) is 24.3 Å². The van der Waals surface area contributed by atoms with Crippen molar-refractivity contribution >= 4 is 5.91 Å². The van der Waals surface area contributed by atoms with Crippen LogP contribution in [-0.4, -0.2) is 23.7 Å². The van der Waals surface area contributed by atoms with Gasteiger partial charge in [0.25, 0.3) is 5.91 Å². The molecule has 0 aliphatic carbocycles. The van der Waals surface area contributed by atoms with Gasteiger partial charge in [-0.05, 0) is 26.0 Å². The lowest BCUT2D eigenvalue weighted by atomic mass is 10.1. The first kappa shape index (κ1) is 10.7. The van der Waals surface area contributed by atoms with E-state index in [1.807, 2.05) is 19.1 Å². The summed E-state index contributed by atoms with van der Waals surface area (Å²) in [6, 6.07) is 7.31. The van der Waals surface area contributed by atoms with Gasteiger partial charge in [-0.1, -0.05) is 17.7 Å². The molecular weight excluding hydrogens is 178 g/mol. The van der Waals surface area contributed by atoms with Gasteiger partial charge < -0.3 is 10.4 Å². The van der Waals surface area contributed by atoms with Crippen molar-refractivity contribution in [2.45, 2.75) is 20.0 Å². The normalized spacial score (nSPS) is 12.2. The molecule has 0 spiro atoms. The number of aryl methyl sites for hydroxylation is 1. The first-order chi connectivity index (χ1) is 6.59. The Kier molecular flexibility index (Phi) is 3.65. The Labute approximate surface area is 83.8 Å². The first-order valence-corrected chi connectivity index (χ1v) is 4.62. The number of hydrogen-bond donors (Lipinski definition) is 2. The van der Waals surface area contributed by atoms with Crippen LogP contribution in [0, 0.1) is 6.92 Å². The third-order valence-corrected chi connectivity index (χ3v) is 1.87. The van der Waals surface area contributed by atoms with Crippen LogP contribution >= 0.6 is 0 Å². The highest BCUT2D eigenvalue weighted by molar-refractivity contribution is 5.94. The van der Waals surface area contributed by atoms with E-state index in [0.717, 1.165) is 5.56 Å². The molecule has 0 aromatic heterocycles. The van der Waals surface area contributed by atoms with Gasteiger partial charge in [-0.15, -0.1) is 0 Å². The maximum atomic E-state index is 11.4. The summed E-state index contributed by atoms with van der Waals surface area (Å²) in [6.45, 7) is 3.89. The van der Waals surface area contributed by atoms with Gasteiger partial charge in [0.1, 0.15) is 0 Å². The smallest absolute Gasteiger partial charge is 0.251 e. The van der Waals surface area contributed by atoms with Crippen molar-refractivity contribution in [2.75, 3.05) is 6.54 Å². The molecule has 14 heavy (non-hydrogen) atoms. The Morgan fingerprint density at radius 2 is 2.00 bits per heavy atom. The number of aliphatic hydroxyl groups is 1. The van der Waals surface area contributed by atoms with Crippen LogP contribution in [0.5, 0.6) is 0 Å². The second-order valence-electron chi connectivity index (χ2n) is 3.43. The second kappa shape index (κ2) is 4.77. The molecule has 3 nitrogen and oxygen atoms in total. The highest BCUT2D eigenvalue weighted by atomic mass is 16.3. The summed E-state index contributed by atoms with van der Waals surface area (Å²) in [5.74, 6) is -0.147. The summed E-state index contributed by atoms with van der Waals surface area (Å²) in [5.41, 5.74) is 1.74. The maximum Gasteiger partial charge on any atom is 0.251 e. The third kappa shape index (κ3) is 3.18. The summed E-state index contributed by atoms with van der Waals surface area (Å²) < 4.78 is 0. The van der Waals surface area contributed by atoms with Crippen molar-refractivity contribution in [3.63, 3.8) is 0 Å². The Morgan fingerprint density at radius 3 is 2.50 bits per heavy atom. The Hall–Kier alpha value is -1.35. The average Bonchev–Trinajstić information content (AvgIpc) is 2.15. The third-order valence-electron chi connectivity index (χ3n) is 1.87. The van der Waals surface area contributed by atoms with E-state index in [-0.39, 0.29) is 12.5 Å². The van der Waals surface area contributed by atoms with Crippen LogP contribution in [0.2, 0.25) is 0 Å². The summed E-state index contributed by atoms with van der Waals surface area (Å²) in [4.78, 5) is 11.4. The van der Waals surface area contributed by atoms with Crippen LogP contribution in [-0.2, 0) is 0 Å². The molecule has 0 saturated carbocycles. The molecule has 0 saturated heterocycles. The molecule has 1 aromatic rings. The fraction of sp³-hybridized carbons (Fsp3) is 0.364. The van der Waals surface area contributed by atoms with Gasteiger partial charge >= 0.3 is 0 Å². The molecule has 1 rings (SSSR count). The standard InChI is InChI=1S/C11H15NO2/c1-8-3-5-10(6-4-8)11(14)12-7-9(2)13/h3-6,9,13H,7H2,1-2H3,(H,12,14)/t9-/m1/s1.